The Morgan fingerprint density at radius 1 is 0.296 bits per heavy atom. The highest BCUT2D eigenvalue weighted by Gasteiger charge is 2.19. The molecule has 0 aliphatic carbocycles. The Morgan fingerprint density at radius 3 is 0.930 bits per heavy atom. The fourth-order valence-electron chi connectivity index (χ4n) is 8.35. The van der Waals surface area contributed by atoms with Crippen LogP contribution in [-0.4, -0.2) is 37.2 Å². The summed E-state index contributed by atoms with van der Waals surface area (Å²) >= 11 is 0. The van der Waals surface area contributed by atoms with Gasteiger partial charge in [0, 0.05) is 19.3 Å². The Labute approximate surface area is 439 Å². The highest BCUT2D eigenvalue weighted by Crippen LogP contribution is 2.15. The summed E-state index contributed by atoms with van der Waals surface area (Å²) in [4.78, 5) is 38.2. The topological polar surface area (TPSA) is 78.9 Å². The van der Waals surface area contributed by atoms with Crippen molar-refractivity contribution in [2.24, 2.45) is 0 Å². The van der Waals surface area contributed by atoms with Gasteiger partial charge >= 0.3 is 17.9 Å². The maximum atomic E-state index is 12.9. The van der Waals surface area contributed by atoms with E-state index in [2.05, 4.69) is 106 Å². The highest BCUT2D eigenvalue weighted by atomic mass is 16.6. The van der Waals surface area contributed by atoms with Gasteiger partial charge in [0.2, 0.25) is 0 Å². The quantitative estimate of drug-likeness (QED) is 0.0261. The standard InChI is InChI=1S/C65H112O6/c1-4-7-10-13-16-19-22-25-28-31-32-35-37-40-43-46-49-52-55-58-64(67)70-61-62(71-65(68)59-56-53-50-47-44-41-38-34-30-27-24-21-18-15-12-9-6-3)60-69-63(66)57-54-51-48-45-42-39-36-33-29-26-23-20-17-14-11-8-5-2/h8,11,17,20,25-30,36,39,45,48,62H,4-7,9-10,12-16,18-19,21-24,31-35,37-38,40-44,46-47,49-61H2,1-3H3/b11-8-,20-17-,28-25-,29-26-,30-27-,39-36-,48-45-/t62-/m1/s1. The molecule has 0 bridgehead atoms. The zero-order chi connectivity index (χ0) is 51.4. The van der Waals surface area contributed by atoms with Gasteiger partial charge in [0.05, 0.1) is 0 Å². The van der Waals surface area contributed by atoms with Crippen LogP contribution in [0.5, 0.6) is 0 Å². The fourth-order valence-corrected chi connectivity index (χ4v) is 8.35. The smallest absolute Gasteiger partial charge is 0.306 e. The Hall–Kier alpha value is -3.41. The summed E-state index contributed by atoms with van der Waals surface area (Å²) in [5.74, 6) is -0.955. The normalized spacial score (nSPS) is 12.7. The number of hydrogen-bond donors (Lipinski definition) is 0. The van der Waals surface area contributed by atoms with E-state index in [1.165, 1.54) is 167 Å². The molecule has 6 heteroatoms. The first kappa shape index (κ1) is 67.6. The minimum atomic E-state index is -0.803. The van der Waals surface area contributed by atoms with Crippen molar-refractivity contribution in [3.63, 3.8) is 0 Å². The van der Waals surface area contributed by atoms with Crippen LogP contribution in [0.25, 0.3) is 0 Å². The van der Waals surface area contributed by atoms with Gasteiger partial charge in [-0.05, 0) is 109 Å². The van der Waals surface area contributed by atoms with Gasteiger partial charge in [-0.3, -0.25) is 14.4 Å². The van der Waals surface area contributed by atoms with E-state index >= 15 is 0 Å². The summed E-state index contributed by atoms with van der Waals surface area (Å²) < 4.78 is 16.8. The molecule has 0 aromatic rings. The third-order valence-corrected chi connectivity index (χ3v) is 12.9. The first-order valence-electron chi connectivity index (χ1n) is 30.1. The van der Waals surface area contributed by atoms with Gasteiger partial charge in [0.15, 0.2) is 6.10 Å². The third-order valence-electron chi connectivity index (χ3n) is 12.9. The molecule has 0 heterocycles. The van der Waals surface area contributed by atoms with Gasteiger partial charge in [0.25, 0.3) is 0 Å². The zero-order valence-corrected chi connectivity index (χ0v) is 46.7. The van der Waals surface area contributed by atoms with Crippen molar-refractivity contribution in [3.05, 3.63) is 85.1 Å². The SMILES string of the molecule is CC/C=C\C/C=C\C/C=C\C/C=C\C/C=C\CCCC(=O)OC[C@H](COC(=O)CCCCCCCCCCC/C=C\CCCCCCCC)OC(=O)CCCCCCCCC/C=C\CCCCCCCC. The van der Waals surface area contributed by atoms with Gasteiger partial charge in [-0.15, -0.1) is 0 Å². The molecule has 6 nitrogen and oxygen atoms in total. The molecule has 1 atom stereocenters. The second-order valence-electron chi connectivity index (χ2n) is 19.9. The number of ether oxygens (including phenoxy) is 3. The van der Waals surface area contributed by atoms with Crippen LogP contribution in [0.1, 0.15) is 290 Å². The molecule has 0 radical (unpaired) electrons. The fraction of sp³-hybridized carbons (Fsp3) is 0.738. The lowest BCUT2D eigenvalue weighted by molar-refractivity contribution is -0.167. The van der Waals surface area contributed by atoms with Crippen LogP contribution in [0.15, 0.2) is 85.1 Å². The predicted octanol–water partition coefficient (Wildman–Crippen LogP) is 20.3. The zero-order valence-electron chi connectivity index (χ0n) is 46.7. The van der Waals surface area contributed by atoms with Crippen LogP contribution in [0.4, 0.5) is 0 Å². The molecule has 0 spiro atoms. The summed E-state index contributed by atoms with van der Waals surface area (Å²) in [6.07, 6.45) is 77.2. The lowest BCUT2D eigenvalue weighted by Crippen LogP contribution is -2.30. The molecule has 0 saturated carbocycles. The van der Waals surface area contributed by atoms with Gasteiger partial charge in [-0.1, -0.05) is 247 Å². The number of carbonyl (C=O) groups excluding carboxylic acids is 3. The van der Waals surface area contributed by atoms with E-state index < -0.39 is 6.10 Å². The van der Waals surface area contributed by atoms with E-state index in [0.717, 1.165) is 77.0 Å². The molecule has 71 heavy (non-hydrogen) atoms. The maximum absolute atomic E-state index is 12.9. The summed E-state index contributed by atoms with van der Waals surface area (Å²) in [5.41, 5.74) is 0. The van der Waals surface area contributed by atoms with Crippen molar-refractivity contribution in [2.75, 3.05) is 13.2 Å². The van der Waals surface area contributed by atoms with E-state index in [4.69, 9.17) is 14.2 Å². The summed E-state index contributed by atoms with van der Waals surface area (Å²) in [7, 11) is 0. The third kappa shape index (κ3) is 57.4. The van der Waals surface area contributed by atoms with Gasteiger partial charge in [-0.2, -0.15) is 0 Å². The molecule has 0 aromatic heterocycles. The van der Waals surface area contributed by atoms with Crippen molar-refractivity contribution in [1.82, 2.24) is 0 Å². The Morgan fingerprint density at radius 2 is 0.563 bits per heavy atom. The average Bonchev–Trinajstić information content (AvgIpc) is 3.37. The van der Waals surface area contributed by atoms with E-state index in [0.29, 0.717) is 19.3 Å². The van der Waals surface area contributed by atoms with Crippen LogP contribution in [0, 0.1) is 0 Å². The lowest BCUT2D eigenvalue weighted by atomic mass is 10.1. The molecule has 0 fully saturated rings. The van der Waals surface area contributed by atoms with Crippen molar-refractivity contribution < 1.29 is 28.6 Å². The second kappa shape index (κ2) is 59.2. The first-order valence-corrected chi connectivity index (χ1v) is 30.1. The van der Waals surface area contributed by atoms with Crippen molar-refractivity contribution in [3.8, 4) is 0 Å². The molecule has 0 amide bonds. The van der Waals surface area contributed by atoms with Crippen molar-refractivity contribution in [1.29, 1.82) is 0 Å². The van der Waals surface area contributed by atoms with Gasteiger partial charge < -0.3 is 14.2 Å². The van der Waals surface area contributed by atoms with Crippen LogP contribution in [0.3, 0.4) is 0 Å². The van der Waals surface area contributed by atoms with Crippen LogP contribution < -0.4 is 0 Å². The number of esters is 3. The van der Waals surface area contributed by atoms with E-state index in [-0.39, 0.29) is 37.5 Å². The first-order chi connectivity index (χ1) is 35.0. The minimum Gasteiger partial charge on any atom is -0.462 e. The highest BCUT2D eigenvalue weighted by molar-refractivity contribution is 5.71. The summed E-state index contributed by atoms with van der Waals surface area (Å²) in [6.45, 7) is 6.49. The molecule has 0 aromatic carbocycles. The largest absolute Gasteiger partial charge is 0.462 e. The monoisotopic (exact) mass is 989 g/mol. The lowest BCUT2D eigenvalue weighted by Gasteiger charge is -2.18. The number of hydrogen-bond acceptors (Lipinski definition) is 6. The Kier molecular flexibility index (Phi) is 56.3. The van der Waals surface area contributed by atoms with Crippen molar-refractivity contribution in [2.45, 2.75) is 297 Å². The number of rotatable bonds is 54. The van der Waals surface area contributed by atoms with E-state index in [9.17, 15) is 14.4 Å². The van der Waals surface area contributed by atoms with Crippen LogP contribution in [-0.2, 0) is 28.6 Å². The number of unbranched alkanes of at least 4 members (excludes halogenated alkanes) is 29. The van der Waals surface area contributed by atoms with Gasteiger partial charge in [0.1, 0.15) is 13.2 Å². The molecule has 0 saturated heterocycles. The molecule has 0 N–H and O–H groups in total. The Balaban J connectivity index is 4.45. The number of carbonyl (C=O) groups is 3. The average molecular weight is 990 g/mol. The van der Waals surface area contributed by atoms with Crippen molar-refractivity contribution >= 4 is 17.9 Å². The molecule has 0 unspecified atom stereocenters. The molecule has 0 aliphatic heterocycles. The minimum absolute atomic E-state index is 0.0962. The second-order valence-corrected chi connectivity index (χ2v) is 19.9. The molecule has 0 aliphatic rings. The number of allylic oxidation sites excluding steroid dienone is 14. The molecular formula is C65H112O6. The molecular weight excluding hydrogens is 877 g/mol. The van der Waals surface area contributed by atoms with E-state index in [1.807, 2.05) is 0 Å². The molecule has 0 rings (SSSR count). The van der Waals surface area contributed by atoms with Gasteiger partial charge in [-0.25, -0.2) is 0 Å². The van der Waals surface area contributed by atoms with E-state index in [1.54, 1.807) is 0 Å². The summed E-state index contributed by atoms with van der Waals surface area (Å²) in [6, 6.07) is 0. The predicted molar refractivity (Wildman–Crippen MR) is 307 cm³/mol. The maximum Gasteiger partial charge on any atom is 0.306 e. The Bertz CT molecular complexity index is 1370. The van der Waals surface area contributed by atoms with Crippen LogP contribution >= 0.6 is 0 Å². The van der Waals surface area contributed by atoms with Crippen LogP contribution in [0.2, 0.25) is 0 Å². The summed E-state index contributed by atoms with van der Waals surface area (Å²) in [5, 5.41) is 0. The molecule has 408 valence electrons.